The van der Waals surface area contributed by atoms with Crippen LogP contribution >= 0.6 is 0 Å². The third kappa shape index (κ3) is 2.14. The second kappa shape index (κ2) is 4.23. The summed E-state index contributed by atoms with van der Waals surface area (Å²) < 4.78 is 13.1. The van der Waals surface area contributed by atoms with Crippen molar-refractivity contribution in [3.05, 3.63) is 65.2 Å². The Morgan fingerprint density at radius 3 is 2.69 bits per heavy atom. The molecule has 2 aromatic rings. The highest BCUT2D eigenvalue weighted by Gasteiger charge is 2.10. The molecule has 0 saturated heterocycles. The minimum absolute atomic E-state index is 0.212. The first kappa shape index (κ1) is 10.5. The van der Waals surface area contributed by atoms with Gasteiger partial charge in [-0.2, -0.15) is 0 Å². The Balaban J connectivity index is 2.42. The van der Waals surface area contributed by atoms with Crippen LogP contribution in [0.5, 0.6) is 0 Å². The van der Waals surface area contributed by atoms with Gasteiger partial charge in [-0.25, -0.2) is 4.39 Å². The van der Waals surface area contributed by atoms with Crippen LogP contribution in [0.3, 0.4) is 0 Å². The number of nitrogens with zero attached hydrogens (tertiary/aromatic N) is 1. The van der Waals surface area contributed by atoms with Crippen molar-refractivity contribution >= 4 is 5.78 Å². The maximum atomic E-state index is 13.1. The lowest BCUT2D eigenvalue weighted by atomic mass is 10.0. The zero-order chi connectivity index (χ0) is 11.5. The van der Waals surface area contributed by atoms with Crippen LogP contribution in [0.2, 0.25) is 0 Å². The van der Waals surface area contributed by atoms with Gasteiger partial charge in [0, 0.05) is 23.5 Å². The van der Waals surface area contributed by atoms with Gasteiger partial charge < -0.3 is 0 Å². The fourth-order valence-electron chi connectivity index (χ4n) is 1.53. The van der Waals surface area contributed by atoms with E-state index in [9.17, 15) is 9.18 Å². The summed E-state index contributed by atoms with van der Waals surface area (Å²) in [5.74, 6) is -0.608. The van der Waals surface area contributed by atoms with Crippen molar-refractivity contribution in [3.8, 4) is 0 Å². The van der Waals surface area contributed by atoms with Gasteiger partial charge in [0.1, 0.15) is 5.82 Å². The molecule has 80 valence electrons. The molecule has 0 radical (unpaired) electrons. The fourth-order valence-corrected chi connectivity index (χ4v) is 1.53. The molecular weight excluding hydrogens is 205 g/mol. The number of carbonyl (C=O) groups is 1. The van der Waals surface area contributed by atoms with Crippen LogP contribution in [-0.4, -0.2) is 10.8 Å². The minimum Gasteiger partial charge on any atom is -0.289 e. The van der Waals surface area contributed by atoms with Crippen molar-refractivity contribution in [2.24, 2.45) is 0 Å². The quantitative estimate of drug-likeness (QED) is 0.721. The number of hydrogen-bond donors (Lipinski definition) is 0. The van der Waals surface area contributed by atoms with Gasteiger partial charge >= 0.3 is 0 Å². The topological polar surface area (TPSA) is 30.0 Å². The van der Waals surface area contributed by atoms with E-state index in [-0.39, 0.29) is 5.78 Å². The first-order valence-corrected chi connectivity index (χ1v) is 4.89. The average molecular weight is 215 g/mol. The molecule has 0 N–H and O–H groups in total. The van der Waals surface area contributed by atoms with Crippen LogP contribution in [0.25, 0.3) is 0 Å². The Hall–Kier alpha value is -2.03. The number of aryl methyl sites for hydroxylation is 1. The highest BCUT2D eigenvalue weighted by atomic mass is 19.1. The van der Waals surface area contributed by atoms with Gasteiger partial charge in [0.15, 0.2) is 5.78 Å². The number of benzene rings is 1. The molecule has 0 spiro atoms. The molecule has 0 saturated carbocycles. The number of pyridine rings is 1. The zero-order valence-corrected chi connectivity index (χ0v) is 8.77. The molecule has 0 fully saturated rings. The number of hydrogen-bond acceptors (Lipinski definition) is 2. The second-order valence-electron chi connectivity index (χ2n) is 3.59. The van der Waals surface area contributed by atoms with E-state index < -0.39 is 5.82 Å². The van der Waals surface area contributed by atoms with Gasteiger partial charge in [-0.3, -0.25) is 9.78 Å². The van der Waals surface area contributed by atoms with Crippen molar-refractivity contribution in [2.45, 2.75) is 6.92 Å². The number of aromatic nitrogens is 1. The number of ketones is 1. The van der Waals surface area contributed by atoms with Crippen LogP contribution in [0.4, 0.5) is 4.39 Å². The third-order valence-electron chi connectivity index (χ3n) is 2.23. The molecule has 1 heterocycles. The average Bonchev–Trinajstić information content (AvgIpc) is 2.28. The van der Waals surface area contributed by atoms with Crippen molar-refractivity contribution in [3.63, 3.8) is 0 Å². The molecule has 1 aromatic carbocycles. The molecule has 0 aliphatic rings. The SMILES string of the molecule is Cc1cc(F)cc(C(=O)c2cccnc2)c1. The molecule has 16 heavy (non-hydrogen) atoms. The highest BCUT2D eigenvalue weighted by molar-refractivity contribution is 6.08. The summed E-state index contributed by atoms with van der Waals surface area (Å²) in [6.45, 7) is 1.75. The van der Waals surface area contributed by atoms with Crippen molar-refractivity contribution in [2.75, 3.05) is 0 Å². The predicted molar refractivity (Wildman–Crippen MR) is 58.8 cm³/mol. The summed E-state index contributed by atoms with van der Waals surface area (Å²) in [7, 11) is 0. The Morgan fingerprint density at radius 2 is 2.06 bits per heavy atom. The Kier molecular flexibility index (Phi) is 2.77. The van der Waals surface area contributed by atoms with E-state index in [1.165, 1.54) is 18.3 Å². The summed E-state index contributed by atoms with van der Waals surface area (Å²) in [4.78, 5) is 15.8. The maximum absolute atomic E-state index is 13.1. The minimum atomic E-state index is -0.396. The largest absolute Gasteiger partial charge is 0.289 e. The number of carbonyl (C=O) groups excluding carboxylic acids is 1. The maximum Gasteiger partial charge on any atom is 0.194 e. The van der Waals surface area contributed by atoms with Gasteiger partial charge in [-0.15, -0.1) is 0 Å². The molecule has 0 amide bonds. The van der Waals surface area contributed by atoms with Crippen LogP contribution in [0.1, 0.15) is 21.5 Å². The molecule has 2 nitrogen and oxygen atoms in total. The lowest BCUT2D eigenvalue weighted by Crippen LogP contribution is -2.02. The molecule has 3 heteroatoms. The Morgan fingerprint density at radius 1 is 1.25 bits per heavy atom. The van der Waals surface area contributed by atoms with Crippen molar-refractivity contribution in [1.82, 2.24) is 4.98 Å². The molecule has 0 aliphatic carbocycles. The van der Waals surface area contributed by atoms with E-state index in [1.807, 2.05) is 0 Å². The summed E-state index contributed by atoms with van der Waals surface area (Å²) in [6, 6.07) is 7.63. The number of halogens is 1. The molecule has 0 atom stereocenters. The molecule has 2 rings (SSSR count). The first-order chi connectivity index (χ1) is 7.66. The second-order valence-corrected chi connectivity index (χ2v) is 3.59. The van der Waals surface area contributed by atoms with Crippen LogP contribution in [0.15, 0.2) is 42.7 Å². The third-order valence-corrected chi connectivity index (χ3v) is 2.23. The molecular formula is C13H10FNO. The van der Waals surface area contributed by atoms with Gasteiger partial charge in [0.05, 0.1) is 0 Å². The normalized spacial score (nSPS) is 10.1. The van der Waals surface area contributed by atoms with E-state index in [0.717, 1.165) is 5.56 Å². The Bertz CT molecular complexity index is 502. The van der Waals surface area contributed by atoms with Gasteiger partial charge in [0.2, 0.25) is 0 Å². The van der Waals surface area contributed by atoms with E-state index in [4.69, 9.17) is 0 Å². The van der Waals surface area contributed by atoms with Gasteiger partial charge in [-0.1, -0.05) is 0 Å². The summed E-state index contributed by atoms with van der Waals surface area (Å²) in [5.41, 5.74) is 1.55. The van der Waals surface area contributed by atoms with Crippen LogP contribution in [-0.2, 0) is 0 Å². The van der Waals surface area contributed by atoms with Crippen molar-refractivity contribution in [1.29, 1.82) is 0 Å². The van der Waals surface area contributed by atoms with E-state index in [0.29, 0.717) is 11.1 Å². The lowest BCUT2D eigenvalue weighted by molar-refractivity contribution is 0.103. The van der Waals surface area contributed by atoms with Gasteiger partial charge in [0.25, 0.3) is 0 Å². The summed E-state index contributed by atoms with van der Waals surface area (Å²) in [5, 5.41) is 0. The molecule has 0 bridgehead atoms. The van der Waals surface area contributed by atoms with Crippen LogP contribution in [0, 0.1) is 12.7 Å². The fraction of sp³-hybridized carbons (Fsp3) is 0.0769. The predicted octanol–water partition coefficient (Wildman–Crippen LogP) is 2.76. The highest BCUT2D eigenvalue weighted by Crippen LogP contribution is 2.12. The van der Waals surface area contributed by atoms with Gasteiger partial charge in [-0.05, 0) is 42.8 Å². The lowest BCUT2D eigenvalue weighted by Gasteiger charge is -2.02. The first-order valence-electron chi connectivity index (χ1n) is 4.89. The zero-order valence-electron chi connectivity index (χ0n) is 8.77. The monoisotopic (exact) mass is 215 g/mol. The summed E-state index contributed by atoms with van der Waals surface area (Å²) in [6.07, 6.45) is 3.07. The molecule has 1 aromatic heterocycles. The summed E-state index contributed by atoms with van der Waals surface area (Å²) >= 11 is 0. The standard InChI is InChI=1S/C13H10FNO/c1-9-5-11(7-12(14)6-9)13(16)10-3-2-4-15-8-10/h2-8H,1H3. The number of rotatable bonds is 2. The van der Waals surface area contributed by atoms with E-state index in [1.54, 1.807) is 31.3 Å². The van der Waals surface area contributed by atoms with E-state index in [2.05, 4.69) is 4.98 Å². The smallest absolute Gasteiger partial charge is 0.194 e. The van der Waals surface area contributed by atoms with Crippen molar-refractivity contribution < 1.29 is 9.18 Å². The van der Waals surface area contributed by atoms with E-state index >= 15 is 0 Å². The van der Waals surface area contributed by atoms with Crippen LogP contribution < -0.4 is 0 Å². The Labute approximate surface area is 92.8 Å². The molecule has 0 aliphatic heterocycles. The molecule has 0 unspecified atom stereocenters.